The van der Waals surface area contributed by atoms with Gasteiger partial charge in [0.15, 0.2) is 17.3 Å². The number of hydrogen-bond acceptors (Lipinski definition) is 7. The van der Waals surface area contributed by atoms with Crippen LogP contribution in [-0.2, 0) is 9.59 Å². The molecule has 0 spiro atoms. The van der Waals surface area contributed by atoms with Crippen LogP contribution in [0.5, 0.6) is 11.5 Å². The number of carbonyl (C=O) groups is 3. The highest BCUT2D eigenvalue weighted by Gasteiger charge is 2.26. The SMILES string of the molecule is CN/C=C(\C=N)C(=O)N1CCC(CC(=O)Nc2cc3c(cc2C(C)=O)OCO3)CC1. The minimum atomic E-state index is -0.186. The number of piperidine rings is 1. The van der Waals surface area contributed by atoms with Crippen LogP contribution in [0.25, 0.3) is 0 Å². The molecule has 2 aliphatic rings. The van der Waals surface area contributed by atoms with Crippen LogP contribution in [0, 0.1) is 11.3 Å². The number of likely N-dealkylation sites (tertiary alicyclic amines) is 1. The summed E-state index contributed by atoms with van der Waals surface area (Å²) in [5.74, 6) is 0.586. The lowest BCUT2D eigenvalue weighted by Crippen LogP contribution is -2.40. The average molecular weight is 414 g/mol. The van der Waals surface area contributed by atoms with E-state index in [0.29, 0.717) is 60.7 Å². The highest BCUT2D eigenvalue weighted by atomic mass is 16.7. The van der Waals surface area contributed by atoms with E-state index in [1.54, 1.807) is 24.1 Å². The van der Waals surface area contributed by atoms with E-state index in [9.17, 15) is 14.4 Å². The number of nitrogens with one attached hydrogen (secondary N) is 3. The van der Waals surface area contributed by atoms with Crippen LogP contribution in [0.15, 0.2) is 23.9 Å². The number of ether oxygens (including phenoxy) is 2. The summed E-state index contributed by atoms with van der Waals surface area (Å²) >= 11 is 0. The Kier molecular flexibility index (Phi) is 6.71. The molecule has 9 heteroatoms. The number of nitrogens with zero attached hydrogens (tertiary/aromatic N) is 1. The number of ketones is 1. The summed E-state index contributed by atoms with van der Waals surface area (Å²) in [6, 6.07) is 3.20. The smallest absolute Gasteiger partial charge is 0.256 e. The zero-order valence-electron chi connectivity index (χ0n) is 17.1. The van der Waals surface area contributed by atoms with Crippen LogP contribution in [0.3, 0.4) is 0 Å². The second-order valence-corrected chi connectivity index (χ2v) is 7.33. The van der Waals surface area contributed by atoms with Gasteiger partial charge in [-0.05, 0) is 31.7 Å². The van der Waals surface area contributed by atoms with Crippen molar-refractivity contribution in [3.8, 4) is 11.5 Å². The lowest BCUT2D eigenvalue weighted by molar-refractivity contribution is -0.128. The Morgan fingerprint density at radius 3 is 2.47 bits per heavy atom. The molecule has 1 aromatic carbocycles. The van der Waals surface area contributed by atoms with Crippen molar-refractivity contribution in [3.63, 3.8) is 0 Å². The van der Waals surface area contributed by atoms with Gasteiger partial charge >= 0.3 is 0 Å². The molecule has 3 N–H and O–H groups in total. The molecule has 0 saturated carbocycles. The van der Waals surface area contributed by atoms with E-state index < -0.39 is 0 Å². The summed E-state index contributed by atoms with van der Waals surface area (Å²) < 4.78 is 10.6. The van der Waals surface area contributed by atoms with Crippen molar-refractivity contribution in [1.82, 2.24) is 10.2 Å². The number of amides is 2. The molecule has 0 unspecified atom stereocenters. The zero-order chi connectivity index (χ0) is 21.7. The van der Waals surface area contributed by atoms with E-state index in [2.05, 4.69) is 10.6 Å². The van der Waals surface area contributed by atoms with Gasteiger partial charge in [-0.3, -0.25) is 14.4 Å². The maximum Gasteiger partial charge on any atom is 0.256 e. The second-order valence-electron chi connectivity index (χ2n) is 7.33. The van der Waals surface area contributed by atoms with Crippen molar-refractivity contribution in [2.45, 2.75) is 26.2 Å². The highest BCUT2D eigenvalue weighted by Crippen LogP contribution is 2.37. The summed E-state index contributed by atoms with van der Waals surface area (Å²) in [7, 11) is 1.68. The largest absolute Gasteiger partial charge is 0.454 e. The maximum absolute atomic E-state index is 12.6. The van der Waals surface area contributed by atoms with E-state index in [-0.39, 0.29) is 30.3 Å². The van der Waals surface area contributed by atoms with Gasteiger partial charge in [-0.25, -0.2) is 0 Å². The van der Waals surface area contributed by atoms with Crippen molar-refractivity contribution in [2.24, 2.45) is 5.92 Å². The molecule has 3 rings (SSSR count). The molecule has 0 aromatic heterocycles. The molecule has 9 nitrogen and oxygen atoms in total. The van der Waals surface area contributed by atoms with Gasteiger partial charge in [-0.15, -0.1) is 0 Å². The predicted octanol–water partition coefficient (Wildman–Crippen LogP) is 1.94. The molecule has 2 aliphatic heterocycles. The Balaban J connectivity index is 1.57. The third-order valence-electron chi connectivity index (χ3n) is 5.24. The summed E-state index contributed by atoms with van der Waals surface area (Å²) in [5.41, 5.74) is 1.09. The Labute approximate surface area is 174 Å². The van der Waals surface area contributed by atoms with Gasteiger partial charge < -0.3 is 30.4 Å². The van der Waals surface area contributed by atoms with Crippen LogP contribution < -0.4 is 20.1 Å². The van der Waals surface area contributed by atoms with Crippen molar-refractivity contribution >= 4 is 29.5 Å². The number of hydrogen-bond donors (Lipinski definition) is 3. The van der Waals surface area contributed by atoms with E-state index in [0.717, 1.165) is 6.21 Å². The number of carbonyl (C=O) groups excluding carboxylic acids is 3. The Bertz CT molecular complexity index is 888. The summed E-state index contributed by atoms with van der Waals surface area (Å²) in [6.07, 6.45) is 4.25. The molecular formula is C21H26N4O5. The molecule has 0 bridgehead atoms. The Morgan fingerprint density at radius 1 is 1.20 bits per heavy atom. The second kappa shape index (κ2) is 9.43. The van der Waals surface area contributed by atoms with Gasteiger partial charge in [0.1, 0.15) is 0 Å². The third-order valence-corrected chi connectivity index (χ3v) is 5.24. The third kappa shape index (κ3) is 4.79. The topological polar surface area (TPSA) is 121 Å². The van der Waals surface area contributed by atoms with Crippen LogP contribution in [0.2, 0.25) is 0 Å². The summed E-state index contributed by atoms with van der Waals surface area (Å²) in [6.45, 7) is 2.60. The van der Waals surface area contributed by atoms with E-state index in [1.807, 2.05) is 0 Å². The van der Waals surface area contributed by atoms with Gasteiger partial charge in [0.2, 0.25) is 12.7 Å². The molecule has 1 aromatic rings. The van der Waals surface area contributed by atoms with E-state index in [1.165, 1.54) is 13.1 Å². The number of fused-ring (bicyclic) bond motifs is 1. The zero-order valence-corrected chi connectivity index (χ0v) is 17.1. The molecule has 2 amide bonds. The van der Waals surface area contributed by atoms with Crippen LogP contribution in [-0.4, -0.2) is 55.6 Å². The monoisotopic (exact) mass is 414 g/mol. The van der Waals surface area contributed by atoms with Gasteiger partial charge in [0.25, 0.3) is 5.91 Å². The molecule has 0 radical (unpaired) electrons. The molecule has 0 aliphatic carbocycles. The lowest BCUT2D eigenvalue weighted by Gasteiger charge is -2.32. The first-order valence-corrected chi connectivity index (χ1v) is 9.84. The molecule has 30 heavy (non-hydrogen) atoms. The number of Topliss-reactive ketones (excluding diaryl/α,β-unsaturated/α-hetero) is 1. The highest BCUT2D eigenvalue weighted by molar-refractivity contribution is 6.11. The molecule has 160 valence electrons. The van der Waals surface area contributed by atoms with E-state index >= 15 is 0 Å². The van der Waals surface area contributed by atoms with Gasteiger partial charge in [0, 0.05) is 50.6 Å². The molecule has 0 atom stereocenters. The van der Waals surface area contributed by atoms with Crippen molar-refractivity contribution < 1.29 is 23.9 Å². The van der Waals surface area contributed by atoms with Crippen LogP contribution in [0.4, 0.5) is 5.69 Å². The van der Waals surface area contributed by atoms with Crippen LogP contribution in [0.1, 0.15) is 36.5 Å². The van der Waals surface area contributed by atoms with Crippen LogP contribution >= 0.6 is 0 Å². The first kappa shape index (κ1) is 21.4. The number of benzene rings is 1. The Hall–Kier alpha value is -3.36. The van der Waals surface area contributed by atoms with Crippen molar-refractivity contribution in [2.75, 3.05) is 32.2 Å². The summed E-state index contributed by atoms with van der Waals surface area (Å²) in [4.78, 5) is 38.7. The number of anilines is 1. The fraction of sp³-hybridized carbons (Fsp3) is 0.429. The quantitative estimate of drug-likeness (QED) is 0.356. The minimum Gasteiger partial charge on any atom is -0.454 e. The van der Waals surface area contributed by atoms with Crippen molar-refractivity contribution in [1.29, 1.82) is 5.41 Å². The molecule has 1 saturated heterocycles. The van der Waals surface area contributed by atoms with Gasteiger partial charge in [-0.2, -0.15) is 0 Å². The molecule has 1 fully saturated rings. The number of rotatable bonds is 7. The predicted molar refractivity (Wildman–Crippen MR) is 111 cm³/mol. The average Bonchev–Trinajstić information content (AvgIpc) is 3.18. The minimum absolute atomic E-state index is 0.0879. The normalized spacial score (nSPS) is 16.2. The maximum atomic E-state index is 12.6. The standard InChI is InChI=1S/C21H26N4O5/c1-13(26)16-8-18-19(30-12-29-18)9-17(16)24-20(27)7-14-3-5-25(6-4-14)21(28)15(10-22)11-23-2/h8-11,14,22-23H,3-7,12H2,1-2H3,(H,24,27)/b15-11+,22-10?. The fourth-order valence-corrected chi connectivity index (χ4v) is 3.64. The molecular weight excluding hydrogens is 388 g/mol. The summed E-state index contributed by atoms with van der Waals surface area (Å²) in [5, 5.41) is 13.0. The van der Waals surface area contributed by atoms with Gasteiger partial charge in [0.05, 0.1) is 11.3 Å². The fourth-order valence-electron chi connectivity index (χ4n) is 3.64. The molecule has 2 heterocycles. The first-order chi connectivity index (χ1) is 14.4. The van der Waals surface area contributed by atoms with E-state index in [4.69, 9.17) is 14.9 Å². The Morgan fingerprint density at radius 2 is 1.87 bits per heavy atom. The first-order valence-electron chi connectivity index (χ1n) is 9.84. The van der Waals surface area contributed by atoms with Gasteiger partial charge in [-0.1, -0.05) is 0 Å². The lowest BCUT2D eigenvalue weighted by atomic mass is 9.92. The van der Waals surface area contributed by atoms with Crippen molar-refractivity contribution in [3.05, 3.63) is 29.5 Å².